The number of rotatable bonds is 4. The Bertz CT molecular complexity index is 1620. The average Bonchev–Trinajstić information content (AvgIpc) is 3.53. The molecule has 0 amide bonds. The number of pyridine rings is 2. The van der Waals surface area contributed by atoms with Gasteiger partial charge in [-0.05, 0) is 42.5 Å². The molecule has 1 fully saturated rings. The van der Waals surface area contributed by atoms with Crippen LogP contribution in [0, 0.1) is 0 Å². The lowest BCUT2D eigenvalue weighted by molar-refractivity contribution is 0.253. The van der Waals surface area contributed by atoms with Crippen molar-refractivity contribution in [2.45, 2.75) is 30.8 Å². The summed E-state index contributed by atoms with van der Waals surface area (Å²) in [5, 5.41) is 10.1. The fraction of sp³-hybridized carbons (Fsp3) is 0.241. The summed E-state index contributed by atoms with van der Waals surface area (Å²) >= 11 is 0. The molecule has 7 rings (SSSR count). The van der Waals surface area contributed by atoms with E-state index < -0.39 is 0 Å². The highest BCUT2D eigenvalue weighted by Crippen LogP contribution is 2.40. The zero-order valence-corrected chi connectivity index (χ0v) is 21.4. The van der Waals surface area contributed by atoms with Crippen LogP contribution in [0.3, 0.4) is 0 Å². The zero-order chi connectivity index (χ0) is 24.3. The van der Waals surface area contributed by atoms with Crippen LogP contribution in [0.25, 0.3) is 38.9 Å². The van der Waals surface area contributed by atoms with Crippen molar-refractivity contribution in [1.82, 2.24) is 24.5 Å². The van der Waals surface area contributed by atoms with Gasteiger partial charge in [0.05, 0.1) is 17.5 Å². The van der Waals surface area contributed by atoms with E-state index in [1.807, 2.05) is 36.1 Å². The Balaban J connectivity index is 0.00000252. The molecular weight excluding hydrogens is 482 g/mol. The van der Waals surface area contributed by atoms with Crippen LogP contribution in [0.1, 0.15) is 36.7 Å². The van der Waals surface area contributed by atoms with Gasteiger partial charge >= 0.3 is 0 Å². The molecule has 2 aromatic carbocycles. The van der Waals surface area contributed by atoms with Gasteiger partial charge in [0.25, 0.3) is 0 Å². The minimum absolute atomic E-state index is 0. The first-order valence-corrected chi connectivity index (χ1v) is 12.5. The molecule has 37 heavy (non-hydrogen) atoms. The van der Waals surface area contributed by atoms with E-state index in [4.69, 9.17) is 10.7 Å². The molecule has 1 unspecified atom stereocenters. The number of hydrogen-bond acceptors (Lipinski definition) is 6. The van der Waals surface area contributed by atoms with E-state index in [-0.39, 0.29) is 24.0 Å². The fourth-order valence-electron chi connectivity index (χ4n) is 5.41. The standard InChI is InChI=1S/C29H27N7.ClH/c1-35-17-25(31-18-35)28-34-33-27-23-16-22(19-6-3-2-4-7-19)26(32-24(23)12-15-36(27)28)20-8-10-21(11-9-20)29(30)13-5-14-29;/h2-4,6-12,15-16,18,25H,5,13-14,17,30H2,1H3;1H. The first-order chi connectivity index (χ1) is 17.6. The Morgan fingerprint density at radius 2 is 1.73 bits per heavy atom. The van der Waals surface area contributed by atoms with Crippen molar-refractivity contribution in [2.75, 3.05) is 13.6 Å². The second kappa shape index (κ2) is 8.94. The maximum absolute atomic E-state index is 6.57. The van der Waals surface area contributed by atoms with E-state index in [9.17, 15) is 0 Å². The van der Waals surface area contributed by atoms with E-state index in [2.05, 4.69) is 74.7 Å². The van der Waals surface area contributed by atoms with Crippen molar-refractivity contribution in [3.8, 4) is 22.4 Å². The molecule has 1 aliphatic carbocycles. The second-order valence-corrected chi connectivity index (χ2v) is 10.1. The molecule has 1 atom stereocenters. The van der Waals surface area contributed by atoms with Crippen LogP contribution in [0.15, 0.2) is 77.9 Å². The van der Waals surface area contributed by atoms with Crippen molar-refractivity contribution in [3.05, 3.63) is 84.3 Å². The first-order valence-electron chi connectivity index (χ1n) is 12.5. The van der Waals surface area contributed by atoms with E-state index >= 15 is 0 Å². The molecule has 0 saturated heterocycles. The van der Waals surface area contributed by atoms with Crippen LogP contribution in [0.5, 0.6) is 0 Å². The summed E-state index contributed by atoms with van der Waals surface area (Å²) in [6, 6.07) is 23.3. The van der Waals surface area contributed by atoms with E-state index in [0.717, 1.165) is 64.1 Å². The van der Waals surface area contributed by atoms with Crippen molar-refractivity contribution >= 4 is 35.3 Å². The fourth-order valence-corrected chi connectivity index (χ4v) is 5.41. The summed E-state index contributed by atoms with van der Waals surface area (Å²) in [6.07, 6.45) is 7.17. The molecule has 3 aromatic heterocycles. The Morgan fingerprint density at radius 1 is 0.946 bits per heavy atom. The first kappa shape index (κ1) is 23.6. The summed E-state index contributed by atoms with van der Waals surface area (Å²) < 4.78 is 2.05. The summed E-state index contributed by atoms with van der Waals surface area (Å²) in [5.74, 6) is 0.847. The van der Waals surface area contributed by atoms with Gasteiger partial charge < -0.3 is 10.6 Å². The molecule has 8 heteroatoms. The monoisotopic (exact) mass is 509 g/mol. The van der Waals surface area contributed by atoms with Crippen LogP contribution >= 0.6 is 12.4 Å². The maximum atomic E-state index is 6.57. The molecule has 2 aliphatic rings. The largest absolute Gasteiger partial charge is 0.363 e. The van der Waals surface area contributed by atoms with Crippen LogP contribution in [0.4, 0.5) is 0 Å². The van der Waals surface area contributed by atoms with Gasteiger partial charge in [0.1, 0.15) is 6.04 Å². The molecular formula is C29H28ClN7. The summed E-state index contributed by atoms with van der Waals surface area (Å²) in [6.45, 7) is 0.797. The lowest BCUT2D eigenvalue weighted by atomic mass is 9.72. The maximum Gasteiger partial charge on any atom is 0.170 e. The Morgan fingerprint density at radius 3 is 2.41 bits per heavy atom. The summed E-state index contributed by atoms with van der Waals surface area (Å²) in [4.78, 5) is 11.8. The minimum atomic E-state index is -0.174. The quantitative estimate of drug-likeness (QED) is 0.351. The van der Waals surface area contributed by atoms with Crippen LogP contribution < -0.4 is 5.73 Å². The highest BCUT2D eigenvalue weighted by Gasteiger charge is 2.34. The normalized spacial score (nSPS) is 18.2. The Labute approximate surface area is 221 Å². The van der Waals surface area contributed by atoms with Gasteiger partial charge in [0.2, 0.25) is 0 Å². The predicted molar refractivity (Wildman–Crippen MR) is 150 cm³/mol. The van der Waals surface area contributed by atoms with Gasteiger partial charge in [-0.2, -0.15) is 0 Å². The number of nitrogens with zero attached hydrogens (tertiary/aromatic N) is 6. The van der Waals surface area contributed by atoms with Gasteiger partial charge in [-0.3, -0.25) is 9.39 Å². The van der Waals surface area contributed by atoms with Gasteiger partial charge in [0, 0.05) is 41.8 Å². The highest BCUT2D eigenvalue weighted by atomic mass is 35.5. The van der Waals surface area contributed by atoms with Crippen LogP contribution in [0.2, 0.25) is 0 Å². The second-order valence-electron chi connectivity index (χ2n) is 10.1. The third-order valence-corrected chi connectivity index (χ3v) is 7.66. The SMILES string of the molecule is CN1C=NC(c2nnc3c4cc(-c5ccccc5)c(-c5ccc(C6(N)CCC6)cc5)nc4ccn23)C1.Cl. The number of hydrogen-bond donors (Lipinski definition) is 1. The molecule has 186 valence electrons. The molecule has 5 aromatic rings. The predicted octanol–water partition coefficient (Wildman–Crippen LogP) is 5.39. The van der Waals surface area contributed by atoms with Crippen molar-refractivity contribution in [1.29, 1.82) is 0 Å². The third-order valence-electron chi connectivity index (χ3n) is 7.66. The summed E-state index contributed by atoms with van der Waals surface area (Å²) in [7, 11) is 2.02. The van der Waals surface area contributed by atoms with E-state index in [1.54, 1.807) is 0 Å². The molecule has 2 N–H and O–H groups in total. The molecule has 1 saturated carbocycles. The third kappa shape index (κ3) is 3.86. The molecule has 7 nitrogen and oxygen atoms in total. The van der Waals surface area contributed by atoms with E-state index in [0.29, 0.717) is 0 Å². The molecule has 0 spiro atoms. The van der Waals surface area contributed by atoms with Gasteiger partial charge in [-0.1, -0.05) is 54.6 Å². The molecule has 0 bridgehead atoms. The van der Waals surface area contributed by atoms with E-state index in [1.165, 1.54) is 12.0 Å². The number of benzene rings is 2. The molecule has 1 aliphatic heterocycles. The number of aliphatic imine (C=N–C) groups is 1. The van der Waals surface area contributed by atoms with Gasteiger partial charge in [-0.25, -0.2) is 4.98 Å². The van der Waals surface area contributed by atoms with Crippen molar-refractivity contribution in [3.63, 3.8) is 0 Å². The lowest BCUT2D eigenvalue weighted by Crippen LogP contribution is -2.43. The Kier molecular flexibility index (Phi) is 5.70. The number of likely N-dealkylation sites (N-methyl/N-ethyl adjacent to an activating group) is 1. The van der Waals surface area contributed by atoms with Gasteiger partial charge in [0.15, 0.2) is 11.5 Å². The minimum Gasteiger partial charge on any atom is -0.363 e. The highest BCUT2D eigenvalue weighted by molar-refractivity contribution is 5.98. The van der Waals surface area contributed by atoms with Crippen molar-refractivity contribution in [2.24, 2.45) is 10.7 Å². The van der Waals surface area contributed by atoms with Gasteiger partial charge in [-0.15, -0.1) is 22.6 Å². The molecule has 0 radical (unpaired) electrons. The smallest absolute Gasteiger partial charge is 0.170 e. The topological polar surface area (TPSA) is 84.7 Å². The van der Waals surface area contributed by atoms with Crippen molar-refractivity contribution < 1.29 is 0 Å². The molecule has 4 heterocycles. The number of aromatic nitrogens is 4. The number of fused-ring (bicyclic) bond motifs is 3. The average molecular weight is 510 g/mol. The van der Waals surface area contributed by atoms with Crippen LogP contribution in [-0.4, -0.2) is 44.4 Å². The number of halogens is 1. The summed E-state index contributed by atoms with van der Waals surface area (Å²) in [5.41, 5.74) is 13.5. The lowest BCUT2D eigenvalue weighted by Gasteiger charge is -2.38. The van der Waals surface area contributed by atoms with Crippen LogP contribution in [-0.2, 0) is 5.54 Å². The number of nitrogens with two attached hydrogens (primary N) is 1. The Hall–Kier alpha value is -3.81. The zero-order valence-electron chi connectivity index (χ0n) is 20.6.